The molecule has 0 aliphatic rings. The first-order chi connectivity index (χ1) is 8.92. The number of alkyl halides is 4. The molecule has 0 saturated heterocycles. The van der Waals surface area contributed by atoms with E-state index in [0.29, 0.717) is 18.7 Å². The summed E-state index contributed by atoms with van der Waals surface area (Å²) in [6, 6.07) is 7.78. The fourth-order valence-corrected chi connectivity index (χ4v) is 2.46. The second kappa shape index (κ2) is 8.12. The Morgan fingerprint density at radius 3 is 2.63 bits per heavy atom. The van der Waals surface area contributed by atoms with Crippen LogP contribution in [0, 0.1) is 0 Å². The number of hydrogen-bond acceptors (Lipinski definition) is 1. The van der Waals surface area contributed by atoms with Gasteiger partial charge in [-0.3, -0.25) is 0 Å². The van der Waals surface area contributed by atoms with E-state index in [0.717, 1.165) is 10.0 Å². The molecule has 0 saturated carbocycles. The van der Waals surface area contributed by atoms with E-state index in [1.165, 1.54) is 0 Å². The molecule has 0 amide bonds. The molecular weight excluding hydrogens is 344 g/mol. The highest BCUT2D eigenvalue weighted by molar-refractivity contribution is 9.10. The van der Waals surface area contributed by atoms with Crippen molar-refractivity contribution in [3.8, 4) is 0 Å². The van der Waals surface area contributed by atoms with Gasteiger partial charge in [0.2, 0.25) is 0 Å². The van der Waals surface area contributed by atoms with Crippen LogP contribution in [0.3, 0.4) is 0 Å². The van der Waals surface area contributed by atoms with Gasteiger partial charge in [-0.1, -0.05) is 28.1 Å². The fraction of sp³-hybridized carbons (Fsp3) is 0.538. The van der Waals surface area contributed by atoms with Gasteiger partial charge in [0, 0.05) is 17.0 Å². The Hall–Kier alpha value is -0.260. The highest BCUT2D eigenvalue weighted by Crippen LogP contribution is 2.25. The zero-order chi connectivity index (χ0) is 14.3. The van der Waals surface area contributed by atoms with Crippen molar-refractivity contribution in [1.29, 1.82) is 0 Å². The van der Waals surface area contributed by atoms with Gasteiger partial charge in [-0.25, -0.2) is 0 Å². The molecule has 0 aliphatic heterocycles. The molecule has 0 bridgehead atoms. The summed E-state index contributed by atoms with van der Waals surface area (Å²) in [6.07, 6.45) is -2.99. The molecule has 0 radical (unpaired) electrons. The average Bonchev–Trinajstić information content (AvgIpc) is 2.32. The molecule has 1 aromatic rings. The summed E-state index contributed by atoms with van der Waals surface area (Å²) < 4.78 is 41.1. The summed E-state index contributed by atoms with van der Waals surface area (Å²) in [6.45, 7) is -1.09. The SMILES string of the molecule is FC(F)(F)COCCCC(CCl)c1cccc(Br)c1. The highest BCUT2D eigenvalue weighted by atomic mass is 79.9. The van der Waals surface area contributed by atoms with Crippen molar-refractivity contribution in [3.05, 3.63) is 34.3 Å². The lowest BCUT2D eigenvalue weighted by molar-refractivity contribution is -0.174. The highest BCUT2D eigenvalue weighted by Gasteiger charge is 2.27. The van der Waals surface area contributed by atoms with Crippen molar-refractivity contribution >= 4 is 27.5 Å². The van der Waals surface area contributed by atoms with E-state index in [9.17, 15) is 13.2 Å². The maximum absolute atomic E-state index is 11.9. The summed E-state index contributed by atoms with van der Waals surface area (Å²) >= 11 is 9.29. The predicted octanol–water partition coefficient (Wildman–Crippen LogP) is 5.13. The van der Waals surface area contributed by atoms with E-state index >= 15 is 0 Å². The van der Waals surface area contributed by atoms with E-state index in [-0.39, 0.29) is 12.5 Å². The van der Waals surface area contributed by atoms with Crippen LogP contribution < -0.4 is 0 Å². The Morgan fingerprint density at radius 2 is 2.05 bits per heavy atom. The molecule has 1 rings (SSSR count). The number of halogens is 5. The zero-order valence-electron chi connectivity index (χ0n) is 10.2. The van der Waals surface area contributed by atoms with Gasteiger partial charge in [0.05, 0.1) is 0 Å². The molecule has 0 fully saturated rings. The van der Waals surface area contributed by atoms with Crippen molar-refractivity contribution < 1.29 is 17.9 Å². The van der Waals surface area contributed by atoms with Gasteiger partial charge in [-0.2, -0.15) is 13.2 Å². The van der Waals surface area contributed by atoms with Crippen LogP contribution in [0.1, 0.15) is 24.3 Å². The van der Waals surface area contributed by atoms with Crippen LogP contribution in [0.15, 0.2) is 28.7 Å². The van der Waals surface area contributed by atoms with Crippen LogP contribution in [-0.2, 0) is 4.74 Å². The summed E-state index contributed by atoms with van der Waals surface area (Å²) in [5.41, 5.74) is 1.08. The Morgan fingerprint density at radius 1 is 1.32 bits per heavy atom. The molecule has 1 unspecified atom stereocenters. The molecule has 0 aromatic heterocycles. The maximum atomic E-state index is 11.9. The molecule has 108 valence electrons. The molecule has 1 aromatic carbocycles. The van der Waals surface area contributed by atoms with E-state index in [2.05, 4.69) is 20.7 Å². The molecule has 1 atom stereocenters. The largest absolute Gasteiger partial charge is 0.411 e. The lowest BCUT2D eigenvalue weighted by Crippen LogP contribution is -2.17. The standard InChI is InChI=1S/C13H15BrClF3O/c14-12-5-1-3-10(7-12)11(8-15)4-2-6-19-9-13(16,17)18/h1,3,5,7,11H,2,4,6,8-9H2. The van der Waals surface area contributed by atoms with Crippen molar-refractivity contribution in [2.45, 2.75) is 24.9 Å². The monoisotopic (exact) mass is 358 g/mol. The zero-order valence-corrected chi connectivity index (χ0v) is 12.6. The minimum Gasteiger partial charge on any atom is -0.372 e. The number of benzene rings is 1. The summed E-state index contributed by atoms with van der Waals surface area (Å²) in [4.78, 5) is 0. The minimum atomic E-state index is -4.25. The third-order valence-corrected chi connectivity index (χ3v) is 3.48. The van der Waals surface area contributed by atoms with E-state index in [1.807, 2.05) is 24.3 Å². The molecule has 19 heavy (non-hydrogen) atoms. The van der Waals surface area contributed by atoms with Crippen molar-refractivity contribution in [2.24, 2.45) is 0 Å². The third-order valence-electron chi connectivity index (χ3n) is 2.61. The Labute approximate surface area is 124 Å². The topological polar surface area (TPSA) is 9.23 Å². The van der Waals surface area contributed by atoms with Gasteiger partial charge in [0.15, 0.2) is 0 Å². The van der Waals surface area contributed by atoms with Crippen LogP contribution in [0.5, 0.6) is 0 Å². The van der Waals surface area contributed by atoms with Crippen LogP contribution in [-0.4, -0.2) is 25.3 Å². The predicted molar refractivity (Wildman–Crippen MR) is 73.7 cm³/mol. The van der Waals surface area contributed by atoms with Crippen LogP contribution in [0.2, 0.25) is 0 Å². The van der Waals surface area contributed by atoms with Gasteiger partial charge in [0.25, 0.3) is 0 Å². The van der Waals surface area contributed by atoms with E-state index in [4.69, 9.17) is 11.6 Å². The molecule has 0 heterocycles. The Bertz CT molecular complexity index is 384. The van der Waals surface area contributed by atoms with Gasteiger partial charge in [-0.15, -0.1) is 11.6 Å². The van der Waals surface area contributed by atoms with E-state index in [1.54, 1.807) is 0 Å². The van der Waals surface area contributed by atoms with Crippen LogP contribution >= 0.6 is 27.5 Å². The van der Waals surface area contributed by atoms with Crippen LogP contribution in [0.25, 0.3) is 0 Å². The van der Waals surface area contributed by atoms with E-state index < -0.39 is 12.8 Å². The van der Waals surface area contributed by atoms with Gasteiger partial charge < -0.3 is 4.74 Å². The fourth-order valence-electron chi connectivity index (χ4n) is 1.71. The average molecular weight is 360 g/mol. The lowest BCUT2D eigenvalue weighted by atomic mass is 9.96. The first-order valence-corrected chi connectivity index (χ1v) is 7.21. The van der Waals surface area contributed by atoms with Gasteiger partial charge in [0.1, 0.15) is 6.61 Å². The lowest BCUT2D eigenvalue weighted by Gasteiger charge is -2.15. The smallest absolute Gasteiger partial charge is 0.372 e. The molecule has 0 aliphatic carbocycles. The normalized spacial score (nSPS) is 13.5. The van der Waals surface area contributed by atoms with Crippen molar-refractivity contribution in [2.75, 3.05) is 19.1 Å². The quantitative estimate of drug-likeness (QED) is 0.484. The molecule has 1 nitrogen and oxygen atoms in total. The summed E-state index contributed by atoms with van der Waals surface area (Å²) in [5.74, 6) is 0.573. The minimum absolute atomic E-state index is 0.0981. The second-order valence-corrected chi connectivity index (χ2v) is 5.44. The van der Waals surface area contributed by atoms with Crippen LogP contribution in [0.4, 0.5) is 13.2 Å². The van der Waals surface area contributed by atoms with Gasteiger partial charge in [-0.05, 0) is 36.5 Å². The number of hydrogen-bond donors (Lipinski definition) is 0. The first kappa shape index (κ1) is 16.8. The Kier molecular flexibility index (Phi) is 7.18. The van der Waals surface area contributed by atoms with Gasteiger partial charge >= 0.3 is 6.18 Å². The number of ether oxygens (including phenoxy) is 1. The molecule has 0 N–H and O–H groups in total. The summed E-state index contributed by atoms with van der Waals surface area (Å²) in [7, 11) is 0. The molecular formula is C13H15BrClF3O. The molecule has 0 spiro atoms. The maximum Gasteiger partial charge on any atom is 0.411 e. The third kappa shape index (κ3) is 7.18. The summed E-state index contributed by atoms with van der Waals surface area (Å²) in [5, 5.41) is 0. The molecule has 6 heteroatoms. The first-order valence-electron chi connectivity index (χ1n) is 5.88. The van der Waals surface area contributed by atoms with Crippen molar-refractivity contribution in [3.63, 3.8) is 0 Å². The van der Waals surface area contributed by atoms with Crippen molar-refractivity contribution in [1.82, 2.24) is 0 Å². The Balaban J connectivity index is 2.34. The number of rotatable bonds is 7. The second-order valence-electron chi connectivity index (χ2n) is 4.22.